The summed E-state index contributed by atoms with van der Waals surface area (Å²) in [6.07, 6.45) is 1.14. The molecule has 17 heavy (non-hydrogen) atoms. The number of rotatable bonds is 7. The molecule has 5 heteroatoms. The van der Waals surface area contributed by atoms with E-state index in [1.165, 1.54) is 0 Å². The molecule has 1 aromatic heterocycles. The number of hydrogen-bond donors (Lipinski definition) is 0. The number of nitrogens with zero attached hydrogens (tertiary/aromatic N) is 2. The highest BCUT2D eigenvalue weighted by Crippen LogP contribution is 2.24. The third-order valence-corrected chi connectivity index (χ3v) is 3.59. The van der Waals surface area contributed by atoms with Crippen molar-refractivity contribution in [2.75, 3.05) is 5.75 Å². The van der Waals surface area contributed by atoms with Gasteiger partial charge in [0.25, 0.3) is 0 Å². The topological polar surface area (TPSA) is 56.0 Å². The quantitative estimate of drug-likeness (QED) is 0.702. The molecule has 1 unspecified atom stereocenters. The summed E-state index contributed by atoms with van der Waals surface area (Å²) in [5, 5.41) is 3.91. The fraction of sp³-hybridized carbons (Fsp3) is 0.750. The van der Waals surface area contributed by atoms with E-state index in [0.29, 0.717) is 11.7 Å². The van der Waals surface area contributed by atoms with Crippen LogP contribution in [0.5, 0.6) is 0 Å². The van der Waals surface area contributed by atoms with E-state index < -0.39 is 0 Å². The molecular formula is C12H20N2O2S. The molecule has 1 aromatic rings. The Morgan fingerprint density at radius 1 is 1.47 bits per heavy atom. The molecule has 0 N–H and O–H groups in total. The number of carbonyl (C=O) groups excluding carboxylic acids is 1. The van der Waals surface area contributed by atoms with Crippen molar-refractivity contribution in [1.29, 1.82) is 0 Å². The van der Waals surface area contributed by atoms with Crippen LogP contribution in [0.1, 0.15) is 51.7 Å². The van der Waals surface area contributed by atoms with E-state index >= 15 is 0 Å². The molecule has 1 atom stereocenters. The number of hydrogen-bond acceptors (Lipinski definition) is 5. The summed E-state index contributed by atoms with van der Waals surface area (Å²) in [4.78, 5) is 15.8. The third kappa shape index (κ3) is 4.15. The molecule has 0 saturated carbocycles. The maximum Gasteiger partial charge on any atom is 0.237 e. The van der Waals surface area contributed by atoms with Crippen molar-refractivity contribution in [3.8, 4) is 0 Å². The summed E-state index contributed by atoms with van der Waals surface area (Å²) >= 11 is 1.78. The molecule has 0 aliphatic heterocycles. The summed E-state index contributed by atoms with van der Waals surface area (Å²) in [7, 11) is 0. The summed E-state index contributed by atoms with van der Waals surface area (Å²) in [6.45, 7) is 7.68. The maximum atomic E-state index is 11.5. The molecule has 0 amide bonds. The Balaban J connectivity index is 2.68. The van der Waals surface area contributed by atoms with Gasteiger partial charge in [0.1, 0.15) is 5.78 Å². The Kier molecular flexibility index (Phi) is 5.68. The van der Waals surface area contributed by atoms with Gasteiger partial charge in [-0.25, -0.2) is 0 Å². The largest absolute Gasteiger partial charge is 0.339 e. The van der Waals surface area contributed by atoms with Gasteiger partial charge in [0.05, 0.1) is 11.7 Å². The maximum absolute atomic E-state index is 11.5. The molecule has 0 aliphatic rings. The molecule has 4 nitrogen and oxygen atoms in total. The lowest BCUT2D eigenvalue weighted by Gasteiger charge is -2.12. The van der Waals surface area contributed by atoms with E-state index in [9.17, 15) is 4.79 Å². The zero-order valence-corrected chi connectivity index (χ0v) is 11.7. The van der Waals surface area contributed by atoms with Crippen molar-refractivity contribution < 1.29 is 9.32 Å². The normalized spacial score (nSPS) is 13.0. The van der Waals surface area contributed by atoms with Gasteiger partial charge in [-0.05, 0) is 25.0 Å². The van der Waals surface area contributed by atoms with Crippen LogP contribution in [0, 0.1) is 5.92 Å². The van der Waals surface area contributed by atoms with Crippen molar-refractivity contribution >= 4 is 17.5 Å². The number of carbonyl (C=O) groups is 1. The van der Waals surface area contributed by atoms with E-state index in [-0.39, 0.29) is 17.6 Å². The predicted octanol–water partition coefficient (Wildman–Crippen LogP) is 3.04. The molecule has 0 aromatic carbocycles. The lowest BCUT2D eigenvalue weighted by molar-refractivity contribution is -0.119. The Hall–Kier alpha value is -0.840. The second-order valence-corrected chi connectivity index (χ2v) is 5.54. The van der Waals surface area contributed by atoms with Crippen molar-refractivity contribution in [2.45, 2.75) is 45.8 Å². The fourth-order valence-electron chi connectivity index (χ4n) is 1.69. The molecule has 0 saturated heterocycles. The SMILES string of the molecule is CCCSCc1noc(C(C(C)=O)C(C)C)n1. The molecular weight excluding hydrogens is 236 g/mol. The van der Waals surface area contributed by atoms with Gasteiger partial charge in [0, 0.05) is 0 Å². The van der Waals surface area contributed by atoms with Crippen LogP contribution in [-0.2, 0) is 10.5 Å². The highest BCUT2D eigenvalue weighted by atomic mass is 32.2. The van der Waals surface area contributed by atoms with Crippen molar-refractivity contribution in [3.05, 3.63) is 11.7 Å². The van der Waals surface area contributed by atoms with E-state index in [1.54, 1.807) is 18.7 Å². The number of aromatic nitrogens is 2. The van der Waals surface area contributed by atoms with Crippen LogP contribution < -0.4 is 0 Å². The Bertz CT molecular complexity index is 363. The van der Waals surface area contributed by atoms with Crippen LogP contribution in [-0.4, -0.2) is 21.7 Å². The summed E-state index contributed by atoms with van der Waals surface area (Å²) in [5.74, 6) is 2.97. The van der Waals surface area contributed by atoms with Crippen LogP contribution >= 0.6 is 11.8 Å². The van der Waals surface area contributed by atoms with Crippen molar-refractivity contribution in [3.63, 3.8) is 0 Å². The Morgan fingerprint density at radius 3 is 2.71 bits per heavy atom. The first-order valence-electron chi connectivity index (χ1n) is 5.97. The minimum Gasteiger partial charge on any atom is -0.339 e. The van der Waals surface area contributed by atoms with Crippen LogP contribution in [0.15, 0.2) is 4.52 Å². The molecule has 0 radical (unpaired) electrons. The van der Waals surface area contributed by atoms with Crippen molar-refractivity contribution in [1.82, 2.24) is 10.1 Å². The van der Waals surface area contributed by atoms with E-state index in [4.69, 9.17) is 4.52 Å². The second-order valence-electron chi connectivity index (χ2n) is 4.43. The average molecular weight is 256 g/mol. The lowest BCUT2D eigenvalue weighted by atomic mass is 9.92. The van der Waals surface area contributed by atoms with Crippen LogP contribution in [0.2, 0.25) is 0 Å². The van der Waals surface area contributed by atoms with E-state index in [2.05, 4.69) is 17.1 Å². The van der Waals surface area contributed by atoms with Gasteiger partial charge in [-0.15, -0.1) is 0 Å². The smallest absolute Gasteiger partial charge is 0.237 e. The Labute approximate surface area is 107 Å². The number of ketones is 1. The molecule has 0 aliphatic carbocycles. The van der Waals surface area contributed by atoms with Gasteiger partial charge in [0.2, 0.25) is 5.89 Å². The molecule has 0 bridgehead atoms. The summed E-state index contributed by atoms with van der Waals surface area (Å²) < 4.78 is 5.18. The number of Topliss-reactive ketones (excluding diaryl/α,β-unsaturated/α-hetero) is 1. The first kappa shape index (κ1) is 14.2. The number of thioether (sulfide) groups is 1. The monoisotopic (exact) mass is 256 g/mol. The Morgan fingerprint density at radius 2 is 2.18 bits per heavy atom. The van der Waals surface area contributed by atoms with Gasteiger partial charge in [-0.1, -0.05) is 25.9 Å². The van der Waals surface area contributed by atoms with Crippen LogP contribution in [0.25, 0.3) is 0 Å². The molecule has 0 fully saturated rings. The summed E-state index contributed by atoms with van der Waals surface area (Å²) in [5.41, 5.74) is 0. The molecule has 0 spiro atoms. The first-order valence-corrected chi connectivity index (χ1v) is 7.12. The van der Waals surface area contributed by atoms with Crippen molar-refractivity contribution in [2.24, 2.45) is 5.92 Å². The van der Waals surface area contributed by atoms with Gasteiger partial charge in [0.15, 0.2) is 5.82 Å². The van der Waals surface area contributed by atoms with Crippen LogP contribution in [0.3, 0.4) is 0 Å². The molecule has 96 valence electrons. The lowest BCUT2D eigenvalue weighted by Crippen LogP contribution is -2.15. The summed E-state index contributed by atoms with van der Waals surface area (Å²) in [6, 6.07) is 0. The van der Waals surface area contributed by atoms with E-state index in [0.717, 1.165) is 17.9 Å². The highest BCUT2D eigenvalue weighted by molar-refractivity contribution is 7.98. The fourth-order valence-corrected chi connectivity index (χ4v) is 2.42. The molecule has 1 rings (SSSR count). The first-order chi connectivity index (χ1) is 8.06. The van der Waals surface area contributed by atoms with Gasteiger partial charge >= 0.3 is 0 Å². The van der Waals surface area contributed by atoms with Crippen LogP contribution in [0.4, 0.5) is 0 Å². The molecule has 1 heterocycles. The van der Waals surface area contributed by atoms with Gasteiger partial charge < -0.3 is 4.52 Å². The minimum atomic E-state index is -0.271. The standard InChI is InChI=1S/C12H20N2O2S/c1-5-6-17-7-10-13-12(16-14-10)11(8(2)3)9(4)15/h8,11H,5-7H2,1-4H3. The highest BCUT2D eigenvalue weighted by Gasteiger charge is 2.26. The minimum absolute atomic E-state index is 0.0800. The second kappa shape index (κ2) is 6.79. The zero-order valence-electron chi connectivity index (χ0n) is 10.9. The zero-order chi connectivity index (χ0) is 12.8. The predicted molar refractivity (Wildman–Crippen MR) is 69.0 cm³/mol. The third-order valence-electron chi connectivity index (χ3n) is 2.43. The van der Waals surface area contributed by atoms with Gasteiger partial charge in [-0.2, -0.15) is 16.7 Å². The van der Waals surface area contributed by atoms with E-state index in [1.807, 2.05) is 13.8 Å². The van der Waals surface area contributed by atoms with Gasteiger partial charge in [-0.3, -0.25) is 4.79 Å². The average Bonchev–Trinajstić information content (AvgIpc) is 2.65.